The third-order valence-corrected chi connectivity index (χ3v) is 6.11. The number of aromatic nitrogens is 1. The van der Waals surface area contributed by atoms with Gasteiger partial charge in [-0.15, -0.1) is 0 Å². The van der Waals surface area contributed by atoms with E-state index in [4.69, 9.17) is 0 Å². The Morgan fingerprint density at radius 1 is 0.844 bits per heavy atom. The number of nitrogens with one attached hydrogen (secondary N) is 1. The molecule has 4 aromatic rings. The maximum absolute atomic E-state index is 13.2. The van der Waals surface area contributed by atoms with Crippen molar-refractivity contribution in [2.24, 2.45) is 0 Å². The first-order valence-electron chi connectivity index (χ1n) is 11.0. The highest BCUT2D eigenvalue weighted by molar-refractivity contribution is 5.98. The molecule has 0 bridgehead atoms. The van der Waals surface area contributed by atoms with Crippen LogP contribution in [0.5, 0.6) is 0 Å². The Balaban J connectivity index is 1.26. The molecule has 0 saturated heterocycles. The van der Waals surface area contributed by atoms with Crippen LogP contribution in [0.1, 0.15) is 34.1 Å². The summed E-state index contributed by atoms with van der Waals surface area (Å²) in [6.07, 6.45) is 2.33. The van der Waals surface area contributed by atoms with Gasteiger partial charge in [0.2, 0.25) is 5.91 Å². The first kappa shape index (κ1) is 20.1. The molecule has 0 spiro atoms. The first-order valence-corrected chi connectivity index (χ1v) is 11.0. The molecule has 3 aromatic carbocycles. The topological polar surface area (TPSA) is 54.3 Å². The molecule has 1 atom stereocenters. The number of nitrogens with zero attached hydrogens (tertiary/aromatic N) is 2. The molecule has 32 heavy (non-hydrogen) atoms. The third kappa shape index (κ3) is 3.89. The average Bonchev–Trinajstić information content (AvgIpc) is 3.32. The Kier molecular flexibility index (Phi) is 5.46. The summed E-state index contributed by atoms with van der Waals surface area (Å²) in [7, 11) is 0. The Morgan fingerprint density at radius 2 is 1.62 bits per heavy atom. The summed E-state index contributed by atoms with van der Waals surface area (Å²) < 4.78 is 2.21. The fourth-order valence-electron chi connectivity index (χ4n) is 4.50. The van der Waals surface area contributed by atoms with Crippen molar-refractivity contribution in [2.45, 2.75) is 19.0 Å². The minimum atomic E-state index is -0.157. The number of carbonyl (C=O) groups is 2. The molecule has 5 nitrogen and oxygen atoms in total. The fourth-order valence-corrected chi connectivity index (χ4v) is 4.50. The van der Waals surface area contributed by atoms with E-state index in [0.29, 0.717) is 18.7 Å². The molecule has 1 aromatic heterocycles. The van der Waals surface area contributed by atoms with Crippen LogP contribution < -0.4 is 5.32 Å². The molecule has 0 aliphatic carbocycles. The van der Waals surface area contributed by atoms with E-state index in [2.05, 4.69) is 34.3 Å². The highest BCUT2D eigenvalue weighted by Gasteiger charge is 2.31. The van der Waals surface area contributed by atoms with Crippen LogP contribution in [0.2, 0.25) is 0 Å². The lowest BCUT2D eigenvalue weighted by molar-refractivity contribution is -0.133. The molecule has 5 heteroatoms. The predicted octanol–water partition coefficient (Wildman–Crippen LogP) is 4.39. The van der Waals surface area contributed by atoms with E-state index in [1.165, 1.54) is 0 Å². The van der Waals surface area contributed by atoms with Gasteiger partial charge in [0.15, 0.2) is 0 Å². The van der Waals surface area contributed by atoms with Crippen LogP contribution in [0.15, 0.2) is 91.1 Å². The zero-order valence-corrected chi connectivity index (χ0v) is 17.8. The number of amides is 2. The van der Waals surface area contributed by atoms with Gasteiger partial charge in [-0.2, -0.15) is 0 Å². The maximum Gasteiger partial charge on any atom is 0.251 e. The van der Waals surface area contributed by atoms with E-state index >= 15 is 0 Å². The molecule has 1 aliphatic rings. The van der Waals surface area contributed by atoms with Gasteiger partial charge in [-0.1, -0.05) is 60.7 Å². The molecule has 1 aliphatic heterocycles. The summed E-state index contributed by atoms with van der Waals surface area (Å²) in [4.78, 5) is 27.7. The molecular formula is C27H25N3O2. The van der Waals surface area contributed by atoms with Crippen molar-refractivity contribution in [3.05, 3.63) is 108 Å². The van der Waals surface area contributed by atoms with Crippen LogP contribution in [0.3, 0.4) is 0 Å². The van der Waals surface area contributed by atoms with Gasteiger partial charge in [-0.3, -0.25) is 9.59 Å². The van der Waals surface area contributed by atoms with Crippen molar-refractivity contribution in [1.29, 1.82) is 0 Å². The lowest BCUT2D eigenvalue weighted by Gasteiger charge is -2.37. The molecule has 5 rings (SSSR count). The van der Waals surface area contributed by atoms with Crippen LogP contribution in [0.4, 0.5) is 0 Å². The molecule has 0 fully saturated rings. The van der Waals surface area contributed by atoms with E-state index in [9.17, 15) is 9.59 Å². The smallest absolute Gasteiger partial charge is 0.251 e. The highest BCUT2D eigenvalue weighted by atomic mass is 16.2. The largest absolute Gasteiger partial charge is 0.352 e. The van der Waals surface area contributed by atoms with Crippen molar-refractivity contribution in [1.82, 2.24) is 14.8 Å². The highest BCUT2D eigenvalue weighted by Crippen LogP contribution is 2.32. The standard InChI is InChI=1S/C27H25N3O2/c31-25(14-15-28-27(32)23-13-12-20-7-4-5-10-22(20)19-23)30-18-17-29-16-6-11-24(29)26(30)21-8-2-1-3-9-21/h1-13,16,19,26H,14-15,17-18H2,(H,28,32). The molecule has 2 heterocycles. The van der Waals surface area contributed by atoms with Crippen LogP contribution in [-0.4, -0.2) is 34.4 Å². The van der Waals surface area contributed by atoms with E-state index in [1.54, 1.807) is 0 Å². The average molecular weight is 424 g/mol. The van der Waals surface area contributed by atoms with E-state index < -0.39 is 0 Å². The predicted molar refractivity (Wildman–Crippen MR) is 125 cm³/mol. The number of fused-ring (bicyclic) bond motifs is 2. The second-order valence-corrected chi connectivity index (χ2v) is 8.09. The molecular weight excluding hydrogens is 398 g/mol. The van der Waals surface area contributed by atoms with Gasteiger partial charge in [0.1, 0.15) is 0 Å². The number of hydrogen-bond acceptors (Lipinski definition) is 2. The zero-order chi connectivity index (χ0) is 21.9. The van der Waals surface area contributed by atoms with E-state index in [1.807, 2.05) is 71.6 Å². The summed E-state index contributed by atoms with van der Waals surface area (Å²) in [5, 5.41) is 5.04. The van der Waals surface area contributed by atoms with Crippen LogP contribution in [0.25, 0.3) is 10.8 Å². The van der Waals surface area contributed by atoms with Crippen LogP contribution >= 0.6 is 0 Å². The molecule has 2 amide bonds. The maximum atomic E-state index is 13.2. The van der Waals surface area contributed by atoms with Crippen molar-refractivity contribution in [3.8, 4) is 0 Å². The van der Waals surface area contributed by atoms with Gasteiger partial charge in [0.25, 0.3) is 5.91 Å². The van der Waals surface area contributed by atoms with Crippen LogP contribution in [0, 0.1) is 0 Å². The molecule has 0 radical (unpaired) electrons. The van der Waals surface area contributed by atoms with Gasteiger partial charge in [0, 0.05) is 43.5 Å². The zero-order valence-electron chi connectivity index (χ0n) is 17.8. The van der Waals surface area contributed by atoms with Gasteiger partial charge < -0.3 is 14.8 Å². The summed E-state index contributed by atoms with van der Waals surface area (Å²) in [5.41, 5.74) is 2.82. The van der Waals surface area contributed by atoms with Crippen molar-refractivity contribution in [2.75, 3.05) is 13.1 Å². The fraction of sp³-hybridized carbons (Fsp3) is 0.185. The minimum absolute atomic E-state index is 0.0464. The number of benzene rings is 3. The third-order valence-electron chi connectivity index (χ3n) is 6.11. The SMILES string of the molecule is O=C(NCCC(=O)N1CCn2cccc2C1c1ccccc1)c1ccc2ccccc2c1. The van der Waals surface area contributed by atoms with Gasteiger partial charge in [-0.05, 0) is 40.6 Å². The Hall–Kier alpha value is -3.86. The Morgan fingerprint density at radius 3 is 2.47 bits per heavy atom. The molecule has 160 valence electrons. The quantitative estimate of drug-likeness (QED) is 0.518. The molecule has 1 N–H and O–H groups in total. The first-order chi connectivity index (χ1) is 15.7. The van der Waals surface area contributed by atoms with Gasteiger partial charge >= 0.3 is 0 Å². The van der Waals surface area contributed by atoms with Crippen molar-refractivity contribution in [3.63, 3.8) is 0 Å². The monoisotopic (exact) mass is 423 g/mol. The Bertz CT molecular complexity index is 1260. The number of hydrogen-bond donors (Lipinski definition) is 1. The second-order valence-electron chi connectivity index (χ2n) is 8.09. The van der Waals surface area contributed by atoms with Gasteiger partial charge in [0.05, 0.1) is 6.04 Å². The normalized spacial score (nSPS) is 15.4. The summed E-state index contributed by atoms with van der Waals surface area (Å²) >= 11 is 0. The van der Waals surface area contributed by atoms with Crippen LogP contribution in [-0.2, 0) is 11.3 Å². The number of rotatable bonds is 5. The Labute approximate surface area is 187 Å². The summed E-state index contributed by atoms with van der Waals surface area (Å²) in [6.45, 7) is 1.74. The second kappa shape index (κ2) is 8.71. The number of carbonyl (C=O) groups excluding carboxylic acids is 2. The van der Waals surface area contributed by atoms with E-state index in [0.717, 1.165) is 28.6 Å². The minimum Gasteiger partial charge on any atom is -0.352 e. The molecule has 1 unspecified atom stereocenters. The molecule has 0 saturated carbocycles. The summed E-state index contributed by atoms with van der Waals surface area (Å²) in [5.74, 6) is -0.110. The van der Waals surface area contributed by atoms with Crippen molar-refractivity contribution >= 4 is 22.6 Å². The van der Waals surface area contributed by atoms with Crippen molar-refractivity contribution < 1.29 is 9.59 Å². The van der Waals surface area contributed by atoms with E-state index in [-0.39, 0.29) is 24.3 Å². The lowest BCUT2D eigenvalue weighted by Crippen LogP contribution is -2.43. The summed E-state index contributed by atoms with van der Waals surface area (Å²) in [6, 6.07) is 27.7. The van der Waals surface area contributed by atoms with Gasteiger partial charge in [-0.25, -0.2) is 0 Å². The lowest BCUT2D eigenvalue weighted by atomic mass is 9.99.